The predicted octanol–water partition coefficient (Wildman–Crippen LogP) is 3.26. The molecule has 0 aromatic carbocycles. The summed E-state index contributed by atoms with van der Waals surface area (Å²) in [6, 6.07) is 3.68. The number of pyridine rings is 1. The van der Waals surface area contributed by atoms with Crippen LogP contribution in [0.25, 0.3) is 0 Å². The minimum absolute atomic E-state index is 0.305. The molecule has 0 amide bonds. The highest BCUT2D eigenvalue weighted by molar-refractivity contribution is 5.32. The van der Waals surface area contributed by atoms with E-state index in [4.69, 9.17) is 10.5 Å². The summed E-state index contributed by atoms with van der Waals surface area (Å²) in [5, 5.41) is 0. The Morgan fingerprint density at radius 2 is 2.12 bits per heavy atom. The van der Waals surface area contributed by atoms with Crippen LogP contribution in [0.15, 0.2) is 18.3 Å². The molecule has 94 valence electrons. The molecule has 17 heavy (non-hydrogen) atoms. The molecule has 1 fully saturated rings. The van der Waals surface area contributed by atoms with E-state index in [1.54, 1.807) is 12.3 Å². The predicted molar refractivity (Wildman–Crippen MR) is 69.9 cm³/mol. The van der Waals surface area contributed by atoms with Gasteiger partial charge in [0, 0.05) is 0 Å². The van der Waals surface area contributed by atoms with Crippen LogP contribution in [-0.4, -0.2) is 11.1 Å². The summed E-state index contributed by atoms with van der Waals surface area (Å²) in [5.41, 5.74) is 5.94. The van der Waals surface area contributed by atoms with Gasteiger partial charge >= 0.3 is 0 Å². The van der Waals surface area contributed by atoms with Crippen molar-refractivity contribution in [1.29, 1.82) is 0 Å². The molecule has 1 aliphatic carbocycles. The maximum atomic E-state index is 6.00. The molecule has 1 aliphatic rings. The van der Waals surface area contributed by atoms with Gasteiger partial charge in [-0.05, 0) is 42.7 Å². The van der Waals surface area contributed by atoms with Crippen molar-refractivity contribution >= 4 is 5.82 Å². The largest absolute Gasteiger partial charge is 0.489 e. The molecular formula is C14H22N2O. The third kappa shape index (κ3) is 3.35. The SMILES string of the molecule is CC1CC(Oc2ccc(N)nc2)CC(C)(C)C1. The summed E-state index contributed by atoms with van der Waals surface area (Å²) < 4.78 is 6.00. The Labute approximate surface area is 103 Å². The van der Waals surface area contributed by atoms with Gasteiger partial charge in [0.2, 0.25) is 0 Å². The lowest BCUT2D eigenvalue weighted by molar-refractivity contribution is 0.0560. The highest BCUT2D eigenvalue weighted by Gasteiger charge is 2.33. The van der Waals surface area contributed by atoms with Gasteiger partial charge < -0.3 is 10.5 Å². The van der Waals surface area contributed by atoms with E-state index in [2.05, 4.69) is 25.8 Å². The van der Waals surface area contributed by atoms with Gasteiger partial charge in [-0.3, -0.25) is 0 Å². The quantitative estimate of drug-likeness (QED) is 0.854. The van der Waals surface area contributed by atoms with Crippen molar-refractivity contribution in [1.82, 2.24) is 4.98 Å². The van der Waals surface area contributed by atoms with Crippen LogP contribution < -0.4 is 10.5 Å². The summed E-state index contributed by atoms with van der Waals surface area (Å²) in [6.07, 6.45) is 5.54. The van der Waals surface area contributed by atoms with Crippen molar-refractivity contribution in [3.05, 3.63) is 18.3 Å². The van der Waals surface area contributed by atoms with Crippen LogP contribution in [0.3, 0.4) is 0 Å². The number of nitrogens with two attached hydrogens (primary N) is 1. The van der Waals surface area contributed by atoms with Gasteiger partial charge in [-0.1, -0.05) is 20.8 Å². The minimum atomic E-state index is 0.305. The van der Waals surface area contributed by atoms with Gasteiger partial charge in [0.25, 0.3) is 0 Å². The summed E-state index contributed by atoms with van der Waals surface area (Å²) in [7, 11) is 0. The van der Waals surface area contributed by atoms with Crippen LogP contribution in [0.2, 0.25) is 0 Å². The molecular weight excluding hydrogens is 212 g/mol. The van der Waals surface area contributed by atoms with E-state index in [0.717, 1.165) is 24.5 Å². The fraction of sp³-hybridized carbons (Fsp3) is 0.643. The van der Waals surface area contributed by atoms with Crippen molar-refractivity contribution in [2.75, 3.05) is 5.73 Å². The molecule has 0 spiro atoms. The van der Waals surface area contributed by atoms with E-state index in [-0.39, 0.29) is 0 Å². The molecule has 1 aromatic heterocycles. The number of hydrogen-bond acceptors (Lipinski definition) is 3. The molecule has 1 saturated carbocycles. The Hall–Kier alpha value is -1.25. The van der Waals surface area contributed by atoms with Crippen molar-refractivity contribution in [2.24, 2.45) is 11.3 Å². The average molecular weight is 234 g/mol. The zero-order chi connectivity index (χ0) is 12.5. The molecule has 3 nitrogen and oxygen atoms in total. The van der Waals surface area contributed by atoms with Gasteiger partial charge in [-0.15, -0.1) is 0 Å². The normalized spacial score (nSPS) is 27.7. The van der Waals surface area contributed by atoms with Crippen molar-refractivity contribution < 1.29 is 4.74 Å². The average Bonchev–Trinajstić information content (AvgIpc) is 2.18. The molecule has 0 aliphatic heterocycles. The second-order valence-electron chi connectivity index (χ2n) is 6.07. The van der Waals surface area contributed by atoms with Gasteiger partial charge in [0.05, 0.1) is 12.3 Å². The summed E-state index contributed by atoms with van der Waals surface area (Å²) >= 11 is 0. The van der Waals surface area contributed by atoms with Crippen LogP contribution >= 0.6 is 0 Å². The minimum Gasteiger partial charge on any atom is -0.489 e. The fourth-order valence-corrected chi connectivity index (χ4v) is 3.00. The zero-order valence-electron chi connectivity index (χ0n) is 10.9. The van der Waals surface area contributed by atoms with E-state index < -0.39 is 0 Å². The molecule has 2 unspecified atom stereocenters. The smallest absolute Gasteiger partial charge is 0.138 e. The Kier molecular flexibility index (Phi) is 3.27. The standard InChI is InChI=1S/C14H22N2O/c1-10-6-12(8-14(2,3)7-10)17-11-4-5-13(15)16-9-11/h4-5,9-10,12H,6-8H2,1-3H3,(H2,15,16). The lowest BCUT2D eigenvalue weighted by Crippen LogP contribution is -2.34. The first-order chi connectivity index (χ1) is 7.94. The zero-order valence-corrected chi connectivity index (χ0v) is 10.9. The maximum absolute atomic E-state index is 6.00. The van der Waals surface area contributed by atoms with Crippen molar-refractivity contribution in [3.63, 3.8) is 0 Å². The second kappa shape index (κ2) is 4.55. The van der Waals surface area contributed by atoms with Crippen molar-refractivity contribution in [2.45, 2.75) is 46.1 Å². The van der Waals surface area contributed by atoms with Crippen LogP contribution in [0.4, 0.5) is 5.82 Å². The number of aromatic nitrogens is 1. The number of hydrogen-bond donors (Lipinski definition) is 1. The van der Waals surface area contributed by atoms with Crippen LogP contribution in [0.1, 0.15) is 40.0 Å². The summed E-state index contributed by atoms with van der Waals surface area (Å²) in [5.74, 6) is 2.09. The second-order valence-corrected chi connectivity index (χ2v) is 6.07. The first-order valence-corrected chi connectivity index (χ1v) is 6.33. The summed E-state index contributed by atoms with van der Waals surface area (Å²) in [4.78, 5) is 4.05. The highest BCUT2D eigenvalue weighted by Crippen LogP contribution is 2.39. The van der Waals surface area contributed by atoms with Crippen LogP contribution in [0, 0.1) is 11.3 Å². The number of rotatable bonds is 2. The Bertz CT molecular complexity index is 372. The van der Waals surface area contributed by atoms with Gasteiger partial charge in [0.15, 0.2) is 0 Å². The number of anilines is 1. The Morgan fingerprint density at radius 3 is 2.71 bits per heavy atom. The first-order valence-electron chi connectivity index (χ1n) is 6.33. The third-order valence-electron chi connectivity index (χ3n) is 3.41. The molecule has 2 rings (SSSR count). The van der Waals surface area contributed by atoms with Gasteiger partial charge in [0.1, 0.15) is 11.6 Å². The first kappa shape index (κ1) is 12.2. The lowest BCUT2D eigenvalue weighted by Gasteiger charge is -2.38. The Balaban J connectivity index is 2.01. The maximum Gasteiger partial charge on any atom is 0.138 e. The van der Waals surface area contributed by atoms with E-state index in [1.165, 1.54) is 6.42 Å². The Morgan fingerprint density at radius 1 is 1.35 bits per heavy atom. The monoisotopic (exact) mass is 234 g/mol. The molecule has 2 atom stereocenters. The topological polar surface area (TPSA) is 48.1 Å². The molecule has 3 heteroatoms. The number of nitrogen functional groups attached to an aromatic ring is 1. The fourth-order valence-electron chi connectivity index (χ4n) is 3.00. The molecule has 2 N–H and O–H groups in total. The molecule has 1 aromatic rings. The van der Waals surface area contributed by atoms with Crippen molar-refractivity contribution in [3.8, 4) is 5.75 Å². The summed E-state index contributed by atoms with van der Waals surface area (Å²) in [6.45, 7) is 6.94. The number of nitrogens with zero attached hydrogens (tertiary/aromatic N) is 1. The molecule has 1 heterocycles. The van der Waals surface area contributed by atoms with Gasteiger partial charge in [-0.25, -0.2) is 4.98 Å². The number of ether oxygens (including phenoxy) is 1. The van der Waals surface area contributed by atoms with Crippen LogP contribution in [0.5, 0.6) is 5.75 Å². The van der Waals surface area contributed by atoms with E-state index in [0.29, 0.717) is 17.3 Å². The highest BCUT2D eigenvalue weighted by atomic mass is 16.5. The molecule has 0 bridgehead atoms. The third-order valence-corrected chi connectivity index (χ3v) is 3.41. The van der Waals surface area contributed by atoms with Crippen LogP contribution in [-0.2, 0) is 0 Å². The lowest BCUT2D eigenvalue weighted by atomic mass is 9.71. The van der Waals surface area contributed by atoms with Gasteiger partial charge in [-0.2, -0.15) is 0 Å². The molecule has 0 radical (unpaired) electrons. The van der Waals surface area contributed by atoms with E-state index in [9.17, 15) is 0 Å². The molecule has 0 saturated heterocycles. The van der Waals surface area contributed by atoms with E-state index in [1.807, 2.05) is 6.07 Å². The van der Waals surface area contributed by atoms with E-state index >= 15 is 0 Å².